The molecule has 1 aliphatic rings. The summed E-state index contributed by atoms with van der Waals surface area (Å²) in [5, 5.41) is 6.26. The lowest BCUT2D eigenvalue weighted by Gasteiger charge is -2.23. The molecule has 1 saturated heterocycles. The Hall–Kier alpha value is -0.610. The molecule has 1 aliphatic heterocycles. The molecule has 2 N–H and O–H groups in total. The molecule has 0 aromatic rings. The molecule has 14 heavy (non-hydrogen) atoms. The predicted molar refractivity (Wildman–Crippen MR) is 55.1 cm³/mol. The third-order valence-corrected chi connectivity index (χ3v) is 2.34. The van der Waals surface area contributed by atoms with Crippen LogP contribution in [0.4, 0.5) is 0 Å². The molecule has 1 rings (SSSR count). The van der Waals surface area contributed by atoms with Crippen molar-refractivity contribution in [1.29, 1.82) is 0 Å². The Kier molecular flexibility index (Phi) is 5.56. The summed E-state index contributed by atoms with van der Waals surface area (Å²) >= 11 is 0. The van der Waals surface area contributed by atoms with Crippen molar-refractivity contribution in [1.82, 2.24) is 10.6 Å². The fourth-order valence-corrected chi connectivity index (χ4v) is 1.58. The molecule has 0 unspecified atom stereocenters. The second-order valence-corrected chi connectivity index (χ2v) is 3.56. The molecule has 0 bridgehead atoms. The average Bonchev–Trinajstić information content (AvgIpc) is 2.20. The lowest BCUT2D eigenvalue weighted by Crippen LogP contribution is -2.45. The van der Waals surface area contributed by atoms with Gasteiger partial charge in [-0.2, -0.15) is 0 Å². The van der Waals surface area contributed by atoms with Gasteiger partial charge in [0.05, 0.1) is 6.61 Å². The van der Waals surface area contributed by atoms with Gasteiger partial charge in [0.15, 0.2) is 0 Å². The Labute approximate surface area is 85.4 Å². The van der Waals surface area contributed by atoms with Gasteiger partial charge in [-0.15, -0.1) is 0 Å². The lowest BCUT2D eigenvalue weighted by atomic mass is 10.1. The van der Waals surface area contributed by atoms with Crippen molar-refractivity contribution in [3.8, 4) is 0 Å². The molecule has 82 valence electrons. The molecule has 4 heteroatoms. The monoisotopic (exact) mass is 200 g/mol. The zero-order valence-corrected chi connectivity index (χ0v) is 8.84. The van der Waals surface area contributed by atoms with E-state index in [9.17, 15) is 4.79 Å². The van der Waals surface area contributed by atoms with Crippen LogP contribution in [0.25, 0.3) is 0 Å². The molecular formula is C10H20N2O2. The summed E-state index contributed by atoms with van der Waals surface area (Å²) in [6.07, 6.45) is 2.72. The largest absolute Gasteiger partial charge is 0.381 e. The maximum Gasteiger partial charge on any atom is 0.222 e. The maximum absolute atomic E-state index is 11.4. The van der Waals surface area contributed by atoms with E-state index in [2.05, 4.69) is 10.6 Å². The van der Waals surface area contributed by atoms with Gasteiger partial charge in [0, 0.05) is 25.6 Å². The summed E-state index contributed by atoms with van der Waals surface area (Å²) in [5.41, 5.74) is 0. The second-order valence-electron chi connectivity index (χ2n) is 3.56. The van der Waals surface area contributed by atoms with Gasteiger partial charge in [-0.05, 0) is 26.3 Å². The zero-order valence-electron chi connectivity index (χ0n) is 8.84. The SMILES string of the molecule is CCOCCC(=O)N[C@H]1CCCNC1. The molecule has 1 atom stereocenters. The number of ether oxygens (including phenoxy) is 1. The van der Waals surface area contributed by atoms with E-state index in [0.29, 0.717) is 25.7 Å². The van der Waals surface area contributed by atoms with E-state index in [1.807, 2.05) is 6.92 Å². The predicted octanol–water partition coefficient (Wildman–Crippen LogP) is 0.281. The molecule has 1 amide bonds. The first-order valence-electron chi connectivity index (χ1n) is 5.40. The van der Waals surface area contributed by atoms with Gasteiger partial charge in [0.2, 0.25) is 5.91 Å². The first-order valence-corrected chi connectivity index (χ1v) is 5.40. The Morgan fingerprint density at radius 2 is 2.50 bits per heavy atom. The Balaban J connectivity index is 2.06. The van der Waals surface area contributed by atoms with E-state index in [0.717, 1.165) is 25.9 Å². The third kappa shape index (κ3) is 4.58. The van der Waals surface area contributed by atoms with Crippen LogP contribution in [0.3, 0.4) is 0 Å². The molecular weight excluding hydrogens is 180 g/mol. The van der Waals surface area contributed by atoms with Crippen molar-refractivity contribution < 1.29 is 9.53 Å². The van der Waals surface area contributed by atoms with Crippen molar-refractivity contribution in [3.05, 3.63) is 0 Å². The topological polar surface area (TPSA) is 50.4 Å². The fraction of sp³-hybridized carbons (Fsp3) is 0.900. The molecule has 0 saturated carbocycles. The zero-order chi connectivity index (χ0) is 10.2. The Morgan fingerprint density at radius 3 is 3.14 bits per heavy atom. The van der Waals surface area contributed by atoms with Gasteiger partial charge < -0.3 is 15.4 Å². The normalized spacial score (nSPS) is 21.9. The van der Waals surface area contributed by atoms with Crippen molar-refractivity contribution in [2.45, 2.75) is 32.2 Å². The van der Waals surface area contributed by atoms with E-state index in [1.54, 1.807) is 0 Å². The van der Waals surface area contributed by atoms with Crippen molar-refractivity contribution >= 4 is 5.91 Å². The summed E-state index contributed by atoms with van der Waals surface area (Å²) in [6, 6.07) is 0.317. The van der Waals surface area contributed by atoms with E-state index < -0.39 is 0 Å². The number of piperidine rings is 1. The highest BCUT2D eigenvalue weighted by atomic mass is 16.5. The highest BCUT2D eigenvalue weighted by Crippen LogP contribution is 2.01. The summed E-state index contributed by atoms with van der Waals surface area (Å²) in [4.78, 5) is 11.4. The number of hydrogen-bond acceptors (Lipinski definition) is 3. The van der Waals surface area contributed by atoms with E-state index in [4.69, 9.17) is 4.74 Å². The van der Waals surface area contributed by atoms with Crippen LogP contribution in [0.1, 0.15) is 26.2 Å². The molecule has 1 heterocycles. The molecule has 0 aromatic carbocycles. The minimum Gasteiger partial charge on any atom is -0.381 e. The van der Waals surface area contributed by atoms with Crippen molar-refractivity contribution in [3.63, 3.8) is 0 Å². The number of hydrogen-bond donors (Lipinski definition) is 2. The second kappa shape index (κ2) is 6.79. The van der Waals surface area contributed by atoms with Crippen LogP contribution in [-0.4, -0.2) is 38.3 Å². The van der Waals surface area contributed by atoms with Crippen LogP contribution in [0.2, 0.25) is 0 Å². The van der Waals surface area contributed by atoms with Crippen LogP contribution >= 0.6 is 0 Å². The van der Waals surface area contributed by atoms with Crippen LogP contribution in [-0.2, 0) is 9.53 Å². The molecule has 0 aliphatic carbocycles. The van der Waals surface area contributed by atoms with Crippen molar-refractivity contribution in [2.24, 2.45) is 0 Å². The smallest absolute Gasteiger partial charge is 0.222 e. The third-order valence-electron chi connectivity index (χ3n) is 2.34. The first-order chi connectivity index (χ1) is 6.83. The van der Waals surface area contributed by atoms with Gasteiger partial charge in [-0.3, -0.25) is 4.79 Å². The highest BCUT2D eigenvalue weighted by Gasteiger charge is 2.14. The average molecular weight is 200 g/mol. The van der Waals surface area contributed by atoms with Crippen LogP contribution < -0.4 is 10.6 Å². The van der Waals surface area contributed by atoms with Crippen LogP contribution in [0.15, 0.2) is 0 Å². The Morgan fingerprint density at radius 1 is 1.64 bits per heavy atom. The van der Waals surface area contributed by atoms with Crippen LogP contribution in [0, 0.1) is 0 Å². The quantitative estimate of drug-likeness (QED) is 0.627. The van der Waals surface area contributed by atoms with Gasteiger partial charge >= 0.3 is 0 Å². The summed E-state index contributed by atoms with van der Waals surface area (Å²) in [6.45, 7) is 5.12. The van der Waals surface area contributed by atoms with Gasteiger partial charge in [0.25, 0.3) is 0 Å². The number of carbonyl (C=O) groups excluding carboxylic acids is 1. The first kappa shape index (κ1) is 11.5. The lowest BCUT2D eigenvalue weighted by molar-refractivity contribution is -0.122. The summed E-state index contributed by atoms with van der Waals surface area (Å²) in [7, 11) is 0. The summed E-state index contributed by atoms with van der Waals surface area (Å²) < 4.78 is 5.12. The fourth-order valence-electron chi connectivity index (χ4n) is 1.58. The Bertz CT molecular complexity index is 168. The highest BCUT2D eigenvalue weighted by molar-refractivity contribution is 5.76. The molecule has 1 fully saturated rings. The molecule has 4 nitrogen and oxygen atoms in total. The van der Waals surface area contributed by atoms with Gasteiger partial charge in [0.1, 0.15) is 0 Å². The minimum absolute atomic E-state index is 0.104. The van der Waals surface area contributed by atoms with Crippen molar-refractivity contribution in [2.75, 3.05) is 26.3 Å². The molecule has 0 radical (unpaired) electrons. The number of rotatable bonds is 5. The van der Waals surface area contributed by atoms with Gasteiger partial charge in [-0.1, -0.05) is 0 Å². The molecule has 0 aromatic heterocycles. The molecule has 0 spiro atoms. The van der Waals surface area contributed by atoms with Gasteiger partial charge in [-0.25, -0.2) is 0 Å². The maximum atomic E-state index is 11.4. The number of carbonyl (C=O) groups is 1. The van der Waals surface area contributed by atoms with Crippen LogP contribution in [0.5, 0.6) is 0 Å². The number of amides is 1. The van der Waals surface area contributed by atoms with E-state index in [-0.39, 0.29) is 5.91 Å². The minimum atomic E-state index is 0.104. The number of nitrogens with one attached hydrogen (secondary N) is 2. The summed E-state index contributed by atoms with van der Waals surface area (Å²) in [5.74, 6) is 0.104. The van der Waals surface area contributed by atoms with E-state index >= 15 is 0 Å². The van der Waals surface area contributed by atoms with E-state index in [1.165, 1.54) is 0 Å². The standard InChI is InChI=1S/C10H20N2O2/c1-2-14-7-5-10(13)12-9-4-3-6-11-8-9/h9,11H,2-8H2,1H3,(H,12,13)/t9-/m0/s1.